The Hall–Kier alpha value is -2.38. The number of hydrogen-bond acceptors (Lipinski definition) is 6. The Morgan fingerprint density at radius 3 is 2.72 bits per heavy atom. The molecule has 1 aliphatic heterocycles. The number of ether oxygens (including phenoxy) is 3. The van der Waals surface area contributed by atoms with Crippen molar-refractivity contribution in [3.63, 3.8) is 0 Å². The zero-order valence-corrected chi connectivity index (χ0v) is 17.7. The molecule has 1 fully saturated rings. The van der Waals surface area contributed by atoms with Gasteiger partial charge < -0.3 is 14.2 Å². The van der Waals surface area contributed by atoms with E-state index >= 15 is 0 Å². The van der Waals surface area contributed by atoms with Crippen LogP contribution < -0.4 is 4.74 Å². The highest BCUT2D eigenvalue weighted by atomic mass is 16.6. The lowest BCUT2D eigenvalue weighted by molar-refractivity contribution is -0.155. The third kappa shape index (κ3) is 6.58. The number of rotatable bonds is 7. The van der Waals surface area contributed by atoms with Crippen molar-refractivity contribution in [2.75, 3.05) is 26.2 Å². The number of carbonyl (C=O) groups is 1. The Balaban J connectivity index is 1.50. The van der Waals surface area contributed by atoms with Gasteiger partial charge in [0, 0.05) is 25.8 Å². The fourth-order valence-corrected chi connectivity index (χ4v) is 3.27. The zero-order chi connectivity index (χ0) is 20.9. The third-order valence-corrected chi connectivity index (χ3v) is 4.73. The van der Waals surface area contributed by atoms with Gasteiger partial charge in [0.15, 0.2) is 0 Å². The monoisotopic (exact) mass is 401 g/mol. The second-order valence-electron chi connectivity index (χ2n) is 8.34. The first-order valence-electron chi connectivity index (χ1n) is 10.1. The quantitative estimate of drug-likeness (QED) is 0.714. The Labute approximate surface area is 172 Å². The molecule has 2 atom stereocenters. The van der Waals surface area contributed by atoms with Crippen molar-refractivity contribution < 1.29 is 19.0 Å². The summed E-state index contributed by atoms with van der Waals surface area (Å²) in [5, 5.41) is 6.88. The maximum absolute atomic E-state index is 12.0. The topological polar surface area (TPSA) is 76.7 Å². The SMILES string of the molecule is CC(Oc1ccc(C2CN(CCC(=O)OC(C)(C)C)CCO2)cc1)c1ccn[nH]1. The van der Waals surface area contributed by atoms with E-state index in [2.05, 4.69) is 15.1 Å². The first-order chi connectivity index (χ1) is 13.8. The Morgan fingerprint density at radius 1 is 1.31 bits per heavy atom. The number of benzene rings is 1. The fourth-order valence-electron chi connectivity index (χ4n) is 3.27. The van der Waals surface area contributed by atoms with E-state index in [1.165, 1.54) is 0 Å². The highest BCUT2D eigenvalue weighted by Gasteiger charge is 2.23. The first kappa shape index (κ1) is 21.3. The number of nitrogens with zero attached hydrogens (tertiary/aromatic N) is 2. The summed E-state index contributed by atoms with van der Waals surface area (Å²) in [6.45, 7) is 10.5. The summed E-state index contributed by atoms with van der Waals surface area (Å²) in [5.74, 6) is 0.641. The van der Waals surface area contributed by atoms with Crippen LogP contribution in [0.25, 0.3) is 0 Å². The van der Waals surface area contributed by atoms with E-state index < -0.39 is 5.60 Å². The van der Waals surface area contributed by atoms with Crippen LogP contribution in [0.1, 0.15) is 57.6 Å². The van der Waals surface area contributed by atoms with Crippen molar-refractivity contribution in [3.8, 4) is 5.75 Å². The maximum Gasteiger partial charge on any atom is 0.307 e. The van der Waals surface area contributed by atoms with Crippen LogP contribution >= 0.6 is 0 Å². The van der Waals surface area contributed by atoms with Crippen LogP contribution in [-0.2, 0) is 14.3 Å². The predicted molar refractivity (Wildman–Crippen MR) is 110 cm³/mol. The third-order valence-electron chi connectivity index (χ3n) is 4.73. The summed E-state index contributed by atoms with van der Waals surface area (Å²) < 4.78 is 17.3. The van der Waals surface area contributed by atoms with Crippen LogP contribution in [0.4, 0.5) is 0 Å². The van der Waals surface area contributed by atoms with Gasteiger partial charge in [0.2, 0.25) is 0 Å². The second-order valence-corrected chi connectivity index (χ2v) is 8.34. The Bertz CT molecular complexity index is 768. The molecule has 0 aliphatic carbocycles. The molecule has 7 nitrogen and oxygen atoms in total. The maximum atomic E-state index is 12.0. The van der Waals surface area contributed by atoms with Crippen LogP contribution in [0.15, 0.2) is 36.5 Å². The molecule has 29 heavy (non-hydrogen) atoms. The summed E-state index contributed by atoms with van der Waals surface area (Å²) in [4.78, 5) is 14.2. The molecule has 0 amide bonds. The summed E-state index contributed by atoms with van der Waals surface area (Å²) in [6.07, 6.45) is 1.99. The van der Waals surface area contributed by atoms with Crippen LogP contribution in [0, 0.1) is 0 Å². The molecule has 0 spiro atoms. The minimum Gasteiger partial charge on any atom is -0.484 e. The Kier molecular flexibility index (Phi) is 6.92. The van der Waals surface area contributed by atoms with Crippen molar-refractivity contribution in [2.45, 2.75) is 51.9 Å². The molecular weight excluding hydrogens is 370 g/mol. The molecule has 0 radical (unpaired) electrons. The second kappa shape index (κ2) is 9.41. The molecule has 3 rings (SSSR count). The number of morpholine rings is 1. The molecule has 1 aromatic carbocycles. The average Bonchev–Trinajstić information content (AvgIpc) is 3.21. The smallest absolute Gasteiger partial charge is 0.307 e. The average molecular weight is 402 g/mol. The lowest BCUT2D eigenvalue weighted by Crippen LogP contribution is -2.39. The van der Waals surface area contributed by atoms with Crippen LogP contribution in [0.3, 0.4) is 0 Å². The van der Waals surface area contributed by atoms with Gasteiger partial charge in [-0.3, -0.25) is 14.8 Å². The lowest BCUT2D eigenvalue weighted by Gasteiger charge is -2.33. The lowest BCUT2D eigenvalue weighted by atomic mass is 10.1. The van der Waals surface area contributed by atoms with Crippen molar-refractivity contribution >= 4 is 5.97 Å². The van der Waals surface area contributed by atoms with Gasteiger partial charge in [0.1, 0.15) is 17.5 Å². The van der Waals surface area contributed by atoms with E-state index in [4.69, 9.17) is 14.2 Å². The summed E-state index contributed by atoms with van der Waals surface area (Å²) in [5.41, 5.74) is 1.60. The normalized spacial score (nSPS) is 19.0. The zero-order valence-electron chi connectivity index (χ0n) is 17.7. The van der Waals surface area contributed by atoms with Crippen molar-refractivity contribution in [2.24, 2.45) is 0 Å². The number of carbonyl (C=O) groups excluding carboxylic acids is 1. The molecule has 1 aliphatic rings. The molecule has 0 bridgehead atoms. The highest BCUT2D eigenvalue weighted by Crippen LogP contribution is 2.26. The van der Waals surface area contributed by atoms with Gasteiger partial charge in [-0.25, -0.2) is 0 Å². The van der Waals surface area contributed by atoms with Crippen LogP contribution in [0.2, 0.25) is 0 Å². The minimum atomic E-state index is -0.441. The van der Waals surface area contributed by atoms with E-state index in [0.717, 1.165) is 30.1 Å². The number of aromatic nitrogens is 2. The molecule has 0 saturated carbocycles. The van der Waals surface area contributed by atoms with Crippen molar-refractivity contribution in [1.29, 1.82) is 0 Å². The fraction of sp³-hybridized carbons (Fsp3) is 0.545. The van der Waals surface area contributed by atoms with Gasteiger partial charge in [-0.2, -0.15) is 5.10 Å². The van der Waals surface area contributed by atoms with Gasteiger partial charge in [0.25, 0.3) is 0 Å². The predicted octanol–water partition coefficient (Wildman–Crippen LogP) is 3.65. The molecule has 158 valence electrons. The number of esters is 1. The van der Waals surface area contributed by atoms with E-state index in [0.29, 0.717) is 19.6 Å². The highest BCUT2D eigenvalue weighted by molar-refractivity contribution is 5.70. The summed E-state index contributed by atoms with van der Waals surface area (Å²) in [7, 11) is 0. The molecular formula is C22H31N3O4. The molecule has 1 aromatic heterocycles. The van der Waals surface area contributed by atoms with Crippen molar-refractivity contribution in [1.82, 2.24) is 15.1 Å². The number of hydrogen-bond donors (Lipinski definition) is 1. The van der Waals surface area contributed by atoms with E-state index in [-0.39, 0.29) is 18.2 Å². The molecule has 1 saturated heterocycles. The number of nitrogens with one attached hydrogen (secondary N) is 1. The number of aromatic amines is 1. The van der Waals surface area contributed by atoms with Crippen molar-refractivity contribution in [3.05, 3.63) is 47.8 Å². The molecule has 2 heterocycles. The standard InChI is InChI=1S/C22H31N3O4/c1-16(19-9-11-23-24-19)28-18-7-5-17(6-8-18)20-15-25(13-14-27-20)12-10-21(26)29-22(2,3)4/h5-9,11,16,20H,10,12-15H2,1-4H3,(H,23,24). The van der Waals surface area contributed by atoms with Gasteiger partial charge in [0.05, 0.1) is 24.8 Å². The summed E-state index contributed by atoms with van der Waals surface area (Å²) in [6, 6.07) is 9.91. The minimum absolute atomic E-state index is 0.0125. The number of H-pyrrole nitrogens is 1. The van der Waals surface area contributed by atoms with Crippen LogP contribution in [0.5, 0.6) is 5.75 Å². The van der Waals surface area contributed by atoms with Gasteiger partial charge >= 0.3 is 5.97 Å². The molecule has 1 N–H and O–H groups in total. The van der Waals surface area contributed by atoms with E-state index in [1.807, 2.05) is 58.0 Å². The Morgan fingerprint density at radius 2 is 2.07 bits per heavy atom. The van der Waals surface area contributed by atoms with Gasteiger partial charge in [-0.1, -0.05) is 12.1 Å². The first-order valence-corrected chi connectivity index (χ1v) is 10.1. The van der Waals surface area contributed by atoms with Gasteiger partial charge in [-0.15, -0.1) is 0 Å². The molecule has 2 aromatic rings. The molecule has 7 heteroatoms. The van der Waals surface area contributed by atoms with E-state index in [1.54, 1.807) is 6.20 Å². The van der Waals surface area contributed by atoms with Crippen LogP contribution in [-0.4, -0.2) is 52.9 Å². The largest absolute Gasteiger partial charge is 0.484 e. The summed E-state index contributed by atoms with van der Waals surface area (Å²) >= 11 is 0. The van der Waals surface area contributed by atoms with Gasteiger partial charge in [-0.05, 0) is 51.5 Å². The molecule has 2 unspecified atom stereocenters. The van der Waals surface area contributed by atoms with E-state index in [9.17, 15) is 4.79 Å².